The van der Waals surface area contributed by atoms with Gasteiger partial charge in [-0.3, -0.25) is 20.0 Å². The number of hydrazine groups is 1. The molecule has 8 nitrogen and oxygen atoms in total. The van der Waals surface area contributed by atoms with E-state index in [1.165, 1.54) is 6.20 Å². The quantitative estimate of drug-likeness (QED) is 0.516. The van der Waals surface area contributed by atoms with E-state index in [4.69, 9.17) is 0 Å². The van der Waals surface area contributed by atoms with Gasteiger partial charge in [-0.1, -0.05) is 54.6 Å². The van der Waals surface area contributed by atoms with Crippen molar-refractivity contribution in [3.05, 3.63) is 95.1 Å². The van der Waals surface area contributed by atoms with E-state index in [1.54, 1.807) is 11.1 Å². The summed E-state index contributed by atoms with van der Waals surface area (Å²) in [6.45, 7) is 3.35. The first kappa shape index (κ1) is 22.6. The van der Waals surface area contributed by atoms with Crippen LogP contribution in [0.2, 0.25) is 0 Å². The molecule has 2 aromatic carbocycles. The number of nitrogens with one attached hydrogen (secondary N) is 3. The number of amides is 2. The fourth-order valence-electron chi connectivity index (χ4n) is 3.89. The summed E-state index contributed by atoms with van der Waals surface area (Å²) < 4.78 is 0. The molecule has 4 rings (SSSR count). The highest BCUT2D eigenvalue weighted by Crippen LogP contribution is 2.27. The summed E-state index contributed by atoms with van der Waals surface area (Å²) in [5, 5.41) is 2.86. The summed E-state index contributed by atoms with van der Waals surface area (Å²) >= 11 is 0. The van der Waals surface area contributed by atoms with Gasteiger partial charge in [-0.15, -0.1) is 0 Å². The van der Waals surface area contributed by atoms with Crippen LogP contribution in [0.25, 0.3) is 0 Å². The van der Waals surface area contributed by atoms with Gasteiger partial charge in [0.1, 0.15) is 5.69 Å². The Labute approximate surface area is 193 Å². The van der Waals surface area contributed by atoms with Crippen molar-refractivity contribution < 1.29 is 9.59 Å². The molecule has 3 N–H and O–H groups in total. The number of hydrogen-bond acceptors (Lipinski definition) is 6. The molecule has 8 heteroatoms. The van der Waals surface area contributed by atoms with Crippen molar-refractivity contribution in [1.29, 1.82) is 0 Å². The predicted molar refractivity (Wildman–Crippen MR) is 125 cm³/mol. The molecule has 2 unspecified atom stereocenters. The van der Waals surface area contributed by atoms with E-state index in [9.17, 15) is 9.59 Å². The molecule has 0 radical (unpaired) electrons. The number of hydrogen-bond donors (Lipinski definition) is 3. The molecule has 3 aromatic rings. The fourth-order valence-corrected chi connectivity index (χ4v) is 3.89. The molecule has 0 spiro atoms. The average Bonchev–Trinajstić information content (AvgIpc) is 3.33. The third kappa shape index (κ3) is 5.60. The summed E-state index contributed by atoms with van der Waals surface area (Å²) in [7, 11) is 1.84. The lowest BCUT2D eigenvalue weighted by Crippen LogP contribution is -2.36. The number of aromatic nitrogens is 2. The SMILES string of the molecule is Cc1cnc(C(=O)NCc2ccc(C3NNCC3C(=O)N(C)Cc3ccccc3)cc2)cn1. The lowest BCUT2D eigenvalue weighted by molar-refractivity contribution is -0.134. The van der Waals surface area contributed by atoms with E-state index < -0.39 is 0 Å². The molecule has 33 heavy (non-hydrogen) atoms. The van der Waals surface area contributed by atoms with Gasteiger partial charge in [0.05, 0.1) is 23.9 Å². The predicted octanol–water partition coefficient (Wildman–Crippen LogP) is 2.14. The van der Waals surface area contributed by atoms with Crippen LogP contribution in [-0.2, 0) is 17.9 Å². The molecular weight excluding hydrogens is 416 g/mol. The summed E-state index contributed by atoms with van der Waals surface area (Å²) in [4.78, 5) is 35.3. The molecule has 0 saturated carbocycles. The van der Waals surface area contributed by atoms with Crippen LogP contribution in [0.1, 0.15) is 38.9 Å². The summed E-state index contributed by atoms with van der Waals surface area (Å²) in [6.07, 6.45) is 3.04. The van der Waals surface area contributed by atoms with Gasteiger partial charge >= 0.3 is 0 Å². The maximum absolute atomic E-state index is 13.1. The minimum absolute atomic E-state index is 0.0944. The van der Waals surface area contributed by atoms with Crippen LogP contribution in [0.3, 0.4) is 0 Å². The van der Waals surface area contributed by atoms with Crippen LogP contribution >= 0.6 is 0 Å². The van der Waals surface area contributed by atoms with Crippen molar-refractivity contribution in [1.82, 2.24) is 31.0 Å². The van der Waals surface area contributed by atoms with Crippen molar-refractivity contribution in [3.8, 4) is 0 Å². The van der Waals surface area contributed by atoms with Crippen LogP contribution < -0.4 is 16.2 Å². The zero-order valence-electron chi connectivity index (χ0n) is 18.8. The maximum atomic E-state index is 13.1. The first-order valence-corrected chi connectivity index (χ1v) is 10.9. The second kappa shape index (κ2) is 10.3. The Bertz CT molecular complexity index is 1090. The zero-order chi connectivity index (χ0) is 23.2. The smallest absolute Gasteiger partial charge is 0.271 e. The second-order valence-corrected chi connectivity index (χ2v) is 8.26. The Morgan fingerprint density at radius 1 is 1.03 bits per heavy atom. The van der Waals surface area contributed by atoms with E-state index in [-0.39, 0.29) is 23.8 Å². The Morgan fingerprint density at radius 2 is 1.79 bits per heavy atom. The number of carbonyl (C=O) groups excluding carboxylic acids is 2. The summed E-state index contributed by atoms with van der Waals surface area (Å²) in [6, 6.07) is 17.8. The Kier molecular flexibility index (Phi) is 7.07. The van der Waals surface area contributed by atoms with Crippen molar-refractivity contribution in [2.24, 2.45) is 5.92 Å². The van der Waals surface area contributed by atoms with E-state index in [0.29, 0.717) is 25.3 Å². The Hall–Kier alpha value is -3.62. The second-order valence-electron chi connectivity index (χ2n) is 8.26. The van der Waals surface area contributed by atoms with Crippen LogP contribution in [0, 0.1) is 12.8 Å². The van der Waals surface area contributed by atoms with Gasteiger partial charge in [-0.2, -0.15) is 0 Å². The standard InChI is InChI=1S/C25H28N6O2/c1-17-12-27-22(15-26-17)24(32)28-13-18-8-10-20(11-9-18)23-21(14-29-30-23)25(33)31(2)16-19-6-4-3-5-7-19/h3-12,15,21,23,29-30H,13-14,16H2,1-2H3,(H,28,32). The highest BCUT2D eigenvalue weighted by molar-refractivity contribution is 5.91. The molecule has 1 aliphatic heterocycles. The molecule has 2 heterocycles. The Morgan fingerprint density at radius 3 is 2.48 bits per heavy atom. The molecular formula is C25H28N6O2. The monoisotopic (exact) mass is 444 g/mol. The molecule has 0 bridgehead atoms. The highest BCUT2D eigenvalue weighted by Gasteiger charge is 2.35. The first-order valence-electron chi connectivity index (χ1n) is 10.9. The molecule has 170 valence electrons. The minimum Gasteiger partial charge on any atom is -0.347 e. The fraction of sp³-hybridized carbons (Fsp3) is 0.280. The van der Waals surface area contributed by atoms with Gasteiger partial charge in [-0.25, -0.2) is 10.4 Å². The average molecular weight is 445 g/mol. The minimum atomic E-state index is -0.264. The van der Waals surface area contributed by atoms with Gasteiger partial charge in [0, 0.05) is 32.9 Å². The van der Waals surface area contributed by atoms with Crippen molar-refractivity contribution in [3.63, 3.8) is 0 Å². The Balaban J connectivity index is 1.35. The van der Waals surface area contributed by atoms with E-state index in [0.717, 1.165) is 22.4 Å². The summed E-state index contributed by atoms with van der Waals surface area (Å²) in [5.41, 5.74) is 10.5. The highest BCUT2D eigenvalue weighted by atomic mass is 16.2. The van der Waals surface area contributed by atoms with Crippen LogP contribution in [0.4, 0.5) is 0 Å². The van der Waals surface area contributed by atoms with E-state index in [2.05, 4.69) is 26.1 Å². The van der Waals surface area contributed by atoms with Crippen LogP contribution in [0.5, 0.6) is 0 Å². The summed E-state index contributed by atoms with van der Waals surface area (Å²) in [5.74, 6) is -0.373. The number of carbonyl (C=O) groups is 2. The van der Waals surface area contributed by atoms with Gasteiger partial charge in [0.25, 0.3) is 5.91 Å². The van der Waals surface area contributed by atoms with Crippen LogP contribution in [0.15, 0.2) is 67.0 Å². The third-order valence-electron chi connectivity index (χ3n) is 5.74. The first-order chi connectivity index (χ1) is 16.0. The van der Waals surface area contributed by atoms with Crippen LogP contribution in [-0.4, -0.2) is 40.3 Å². The van der Waals surface area contributed by atoms with Gasteiger partial charge in [-0.05, 0) is 23.6 Å². The normalized spacial score (nSPS) is 17.5. The molecule has 1 fully saturated rings. The van der Waals surface area contributed by atoms with Gasteiger partial charge in [0.2, 0.25) is 5.91 Å². The maximum Gasteiger partial charge on any atom is 0.271 e. The van der Waals surface area contributed by atoms with E-state index in [1.807, 2.05) is 68.6 Å². The number of nitrogens with zero attached hydrogens (tertiary/aromatic N) is 3. The van der Waals surface area contributed by atoms with Gasteiger partial charge in [0.15, 0.2) is 0 Å². The molecule has 0 aliphatic carbocycles. The molecule has 2 atom stereocenters. The number of aryl methyl sites for hydroxylation is 1. The lowest BCUT2D eigenvalue weighted by atomic mass is 9.93. The third-order valence-corrected chi connectivity index (χ3v) is 5.74. The van der Waals surface area contributed by atoms with Crippen molar-refractivity contribution >= 4 is 11.8 Å². The number of benzene rings is 2. The molecule has 2 amide bonds. The van der Waals surface area contributed by atoms with E-state index >= 15 is 0 Å². The van der Waals surface area contributed by atoms with Crippen molar-refractivity contribution in [2.45, 2.75) is 26.1 Å². The molecule has 1 saturated heterocycles. The molecule has 1 aromatic heterocycles. The zero-order valence-corrected chi connectivity index (χ0v) is 18.8. The van der Waals surface area contributed by atoms with Crippen molar-refractivity contribution in [2.75, 3.05) is 13.6 Å². The lowest BCUT2D eigenvalue weighted by Gasteiger charge is -2.24. The largest absolute Gasteiger partial charge is 0.347 e. The molecule has 1 aliphatic rings. The topological polar surface area (TPSA) is 99.2 Å². The van der Waals surface area contributed by atoms with Gasteiger partial charge < -0.3 is 10.2 Å². The number of rotatable bonds is 7.